The summed E-state index contributed by atoms with van der Waals surface area (Å²) in [7, 11) is 0. The van der Waals surface area contributed by atoms with E-state index >= 15 is 0 Å². The Morgan fingerprint density at radius 3 is 1.61 bits per heavy atom. The normalized spacial score (nSPS) is 9.65. The fourth-order valence-corrected chi connectivity index (χ4v) is 1.46. The number of anilines is 1. The minimum Gasteiger partial charge on any atom is -0.352 e. The Kier molecular flexibility index (Phi) is 10.6. The minimum atomic E-state index is 0.386. The predicted molar refractivity (Wildman–Crippen MR) is 99.8 cm³/mol. The Morgan fingerprint density at radius 1 is 0.783 bits per heavy atom. The molecule has 1 N–H and O–H groups in total. The number of aryl methyl sites for hydroxylation is 3. The number of hydrogen-bond acceptors (Lipinski definition) is 4. The molecule has 0 fully saturated rings. The van der Waals surface area contributed by atoms with E-state index in [4.69, 9.17) is 0 Å². The van der Waals surface area contributed by atoms with Gasteiger partial charge in [0.1, 0.15) is 0 Å². The largest absolute Gasteiger partial charge is 0.352 e. The lowest BCUT2D eigenvalue weighted by Gasteiger charge is -2.06. The highest BCUT2D eigenvalue weighted by atomic mass is 15.1. The molecule has 0 aromatic carbocycles. The van der Waals surface area contributed by atoms with Gasteiger partial charge in [-0.25, -0.2) is 9.97 Å². The Bertz CT molecular complexity index is 531. The van der Waals surface area contributed by atoms with Crippen molar-refractivity contribution in [2.75, 3.05) is 5.32 Å². The van der Waals surface area contributed by atoms with Crippen molar-refractivity contribution in [3.63, 3.8) is 0 Å². The quantitative estimate of drug-likeness (QED) is 0.850. The van der Waals surface area contributed by atoms with Crippen LogP contribution in [0.15, 0.2) is 30.5 Å². The average Bonchev–Trinajstić information content (AvgIpc) is 2.37. The number of nitrogens with zero attached hydrogens (tertiary/aromatic N) is 3. The second kappa shape index (κ2) is 11.6. The van der Waals surface area contributed by atoms with Crippen molar-refractivity contribution in [3.05, 3.63) is 47.5 Å². The molecule has 0 aliphatic heterocycles. The Labute approximate surface area is 141 Å². The van der Waals surface area contributed by atoms with Crippen LogP contribution in [0, 0.1) is 26.7 Å². The van der Waals surface area contributed by atoms with Crippen LogP contribution in [0.2, 0.25) is 0 Å². The molecule has 0 unspecified atom stereocenters. The van der Waals surface area contributed by atoms with E-state index in [2.05, 4.69) is 54.9 Å². The van der Waals surface area contributed by atoms with Gasteiger partial charge in [-0.05, 0) is 58.7 Å². The van der Waals surface area contributed by atoms with Crippen LogP contribution in [0.1, 0.15) is 51.7 Å². The molecule has 0 aliphatic rings. The predicted octanol–water partition coefficient (Wildman–Crippen LogP) is 4.97. The van der Waals surface area contributed by atoms with E-state index in [0.717, 1.165) is 23.0 Å². The first kappa shape index (κ1) is 21.0. The van der Waals surface area contributed by atoms with Gasteiger partial charge >= 0.3 is 0 Å². The zero-order valence-electron chi connectivity index (χ0n) is 15.9. The maximum Gasteiger partial charge on any atom is 0.223 e. The van der Waals surface area contributed by atoms with Gasteiger partial charge in [0.15, 0.2) is 0 Å². The highest BCUT2D eigenvalue weighted by Crippen LogP contribution is 2.00. The molecule has 0 amide bonds. The summed E-state index contributed by atoms with van der Waals surface area (Å²) in [4.78, 5) is 12.4. The number of hydrogen-bond donors (Lipinski definition) is 1. The van der Waals surface area contributed by atoms with Gasteiger partial charge in [0.2, 0.25) is 5.95 Å². The molecule has 23 heavy (non-hydrogen) atoms. The molecule has 2 aromatic heterocycles. The molecule has 0 radical (unpaired) electrons. The van der Waals surface area contributed by atoms with E-state index in [9.17, 15) is 0 Å². The molecule has 0 aliphatic carbocycles. The van der Waals surface area contributed by atoms with Gasteiger partial charge in [-0.2, -0.15) is 0 Å². The molecule has 4 heteroatoms. The third-order valence-electron chi connectivity index (χ3n) is 2.24. The maximum absolute atomic E-state index is 4.19. The number of aromatic nitrogens is 3. The molecule has 4 nitrogen and oxygen atoms in total. The van der Waals surface area contributed by atoms with Gasteiger partial charge in [0, 0.05) is 29.3 Å². The van der Waals surface area contributed by atoms with E-state index in [1.165, 1.54) is 0 Å². The zero-order valence-corrected chi connectivity index (χ0v) is 15.9. The van der Waals surface area contributed by atoms with Crippen molar-refractivity contribution in [2.45, 2.75) is 61.4 Å². The van der Waals surface area contributed by atoms with Gasteiger partial charge in [-0.3, -0.25) is 4.98 Å². The van der Waals surface area contributed by atoms with Gasteiger partial charge in [0.25, 0.3) is 0 Å². The lowest BCUT2D eigenvalue weighted by atomic mass is 10.3. The third-order valence-corrected chi connectivity index (χ3v) is 2.24. The molecule has 128 valence electrons. The lowest BCUT2D eigenvalue weighted by Crippen LogP contribution is -2.12. The molecule has 0 saturated heterocycles. The second-order valence-electron chi connectivity index (χ2n) is 6.47. The SMILES string of the molecule is CC(C)C.Cc1cccc(C)n1.Cc1ccnc(NC(C)C)n1. The van der Waals surface area contributed by atoms with Crippen LogP contribution in [0.5, 0.6) is 0 Å². The maximum atomic E-state index is 4.19. The van der Waals surface area contributed by atoms with Crippen molar-refractivity contribution in [3.8, 4) is 0 Å². The Balaban J connectivity index is 0.000000354. The minimum absolute atomic E-state index is 0.386. The van der Waals surface area contributed by atoms with Crippen molar-refractivity contribution in [1.82, 2.24) is 15.0 Å². The summed E-state index contributed by atoms with van der Waals surface area (Å²) >= 11 is 0. The van der Waals surface area contributed by atoms with Crippen molar-refractivity contribution >= 4 is 5.95 Å². The van der Waals surface area contributed by atoms with Crippen LogP contribution < -0.4 is 5.32 Å². The first-order valence-corrected chi connectivity index (χ1v) is 8.17. The molecule has 0 atom stereocenters. The van der Waals surface area contributed by atoms with E-state index in [1.54, 1.807) is 6.20 Å². The summed E-state index contributed by atoms with van der Waals surface area (Å²) in [6.07, 6.45) is 1.76. The topological polar surface area (TPSA) is 50.7 Å². The molecule has 0 bridgehead atoms. The number of rotatable bonds is 2. The van der Waals surface area contributed by atoms with Crippen LogP contribution in [-0.4, -0.2) is 21.0 Å². The van der Waals surface area contributed by atoms with Crippen LogP contribution in [-0.2, 0) is 0 Å². The van der Waals surface area contributed by atoms with E-state index in [-0.39, 0.29) is 0 Å². The molecule has 2 heterocycles. The summed E-state index contributed by atoms with van der Waals surface area (Å²) in [6.45, 7) is 16.6. The van der Waals surface area contributed by atoms with E-state index in [0.29, 0.717) is 12.0 Å². The van der Waals surface area contributed by atoms with Gasteiger partial charge in [0.05, 0.1) is 0 Å². The summed E-state index contributed by atoms with van der Waals surface area (Å²) in [5.74, 6) is 1.54. The fraction of sp³-hybridized carbons (Fsp3) is 0.526. The highest BCUT2D eigenvalue weighted by Gasteiger charge is 1.96. The van der Waals surface area contributed by atoms with Gasteiger partial charge < -0.3 is 5.32 Å². The first-order chi connectivity index (χ1) is 10.7. The van der Waals surface area contributed by atoms with Crippen LogP contribution in [0.4, 0.5) is 5.95 Å². The number of pyridine rings is 1. The fourth-order valence-electron chi connectivity index (χ4n) is 1.46. The molecular formula is C19H32N4. The van der Waals surface area contributed by atoms with Crippen molar-refractivity contribution in [1.29, 1.82) is 0 Å². The summed E-state index contributed by atoms with van der Waals surface area (Å²) in [6, 6.07) is 8.26. The third kappa shape index (κ3) is 13.4. The zero-order chi connectivity index (χ0) is 17.8. The van der Waals surface area contributed by atoms with Crippen LogP contribution in [0.25, 0.3) is 0 Å². The Morgan fingerprint density at radius 2 is 1.26 bits per heavy atom. The molecule has 2 aromatic rings. The smallest absolute Gasteiger partial charge is 0.223 e. The van der Waals surface area contributed by atoms with Crippen LogP contribution in [0.3, 0.4) is 0 Å². The van der Waals surface area contributed by atoms with Crippen molar-refractivity contribution < 1.29 is 0 Å². The molecule has 0 saturated carbocycles. The van der Waals surface area contributed by atoms with E-state index < -0.39 is 0 Å². The molecule has 2 rings (SSSR count). The number of nitrogens with one attached hydrogen (secondary N) is 1. The van der Waals surface area contributed by atoms with Gasteiger partial charge in [-0.15, -0.1) is 0 Å². The molecule has 0 spiro atoms. The van der Waals surface area contributed by atoms with Crippen LogP contribution >= 0.6 is 0 Å². The Hall–Kier alpha value is -1.97. The highest BCUT2D eigenvalue weighted by molar-refractivity contribution is 5.25. The summed E-state index contributed by atoms with van der Waals surface area (Å²) < 4.78 is 0. The summed E-state index contributed by atoms with van der Waals surface area (Å²) in [5, 5.41) is 3.12. The van der Waals surface area contributed by atoms with E-state index in [1.807, 2.05) is 45.0 Å². The second-order valence-corrected chi connectivity index (χ2v) is 6.47. The molecular weight excluding hydrogens is 284 g/mol. The first-order valence-electron chi connectivity index (χ1n) is 8.17. The lowest BCUT2D eigenvalue weighted by molar-refractivity contribution is 0.737. The van der Waals surface area contributed by atoms with Gasteiger partial charge in [-0.1, -0.05) is 26.8 Å². The van der Waals surface area contributed by atoms with Crippen molar-refractivity contribution in [2.24, 2.45) is 5.92 Å². The summed E-state index contributed by atoms with van der Waals surface area (Å²) in [5.41, 5.74) is 3.16. The average molecular weight is 316 g/mol. The monoisotopic (exact) mass is 316 g/mol. The standard InChI is InChI=1S/C8H13N3.C7H9N.C4H10/c1-6(2)10-8-9-5-4-7(3)11-8;1-6-4-3-5-7(2)8-6;1-4(2)3/h4-6H,1-3H3,(H,9,10,11);3-5H,1-2H3;4H,1-3H3.